The van der Waals surface area contributed by atoms with E-state index in [1.165, 1.54) is 12.1 Å². The zero-order chi connectivity index (χ0) is 24.7. The number of halogens is 2. The van der Waals surface area contributed by atoms with Crippen LogP contribution in [0, 0.1) is 17.6 Å². The Labute approximate surface area is 203 Å². The summed E-state index contributed by atoms with van der Waals surface area (Å²) < 4.78 is 36.1. The third-order valence-electron chi connectivity index (χ3n) is 7.12. The maximum Gasteiger partial charge on any atom is 0.230 e. The van der Waals surface area contributed by atoms with Gasteiger partial charge in [-0.2, -0.15) is 5.10 Å². The topological polar surface area (TPSA) is 59.4 Å². The van der Waals surface area contributed by atoms with Gasteiger partial charge in [-0.3, -0.25) is 9.48 Å². The monoisotopic (exact) mass is 480 g/mol. The molecule has 6 nitrogen and oxygen atoms in total. The van der Waals surface area contributed by atoms with Crippen LogP contribution < -0.4 is 15.0 Å². The van der Waals surface area contributed by atoms with Crippen LogP contribution in [0.15, 0.2) is 42.7 Å². The van der Waals surface area contributed by atoms with Gasteiger partial charge in [0, 0.05) is 66.1 Å². The van der Waals surface area contributed by atoms with Crippen molar-refractivity contribution in [3.63, 3.8) is 0 Å². The molecule has 5 rings (SSSR count). The predicted molar refractivity (Wildman–Crippen MR) is 131 cm³/mol. The average molecular weight is 481 g/mol. The minimum absolute atomic E-state index is 0.0446. The third kappa shape index (κ3) is 4.43. The van der Waals surface area contributed by atoms with Gasteiger partial charge in [-0.15, -0.1) is 0 Å². The molecule has 3 aromatic rings. The summed E-state index contributed by atoms with van der Waals surface area (Å²) >= 11 is 0. The molecule has 1 amide bonds. The van der Waals surface area contributed by atoms with Crippen molar-refractivity contribution in [2.45, 2.75) is 52.1 Å². The van der Waals surface area contributed by atoms with Crippen LogP contribution in [0.4, 0.5) is 14.5 Å². The van der Waals surface area contributed by atoms with Gasteiger partial charge in [0.15, 0.2) is 0 Å². The summed E-state index contributed by atoms with van der Waals surface area (Å²) in [6, 6.07) is 7.38. The van der Waals surface area contributed by atoms with E-state index in [1.807, 2.05) is 41.8 Å². The number of amides is 1. The second kappa shape index (κ2) is 9.41. The van der Waals surface area contributed by atoms with E-state index in [4.69, 9.17) is 4.74 Å². The number of benzene rings is 2. The standard InChI is InChI=1S/C27H30F2N4O2/c1-4-16(2)27(34)33-17(3)5-6-24-25(33)8-7-23(18-12-31-32(15-18)21-13-30-14-21)26(24)35-22-10-19(28)9-20(29)11-22/h7-12,15-17,21,30H,4-6,13-14H2,1-3H3/t16?,17-/m0/s1. The van der Waals surface area contributed by atoms with E-state index in [2.05, 4.69) is 17.3 Å². The van der Waals surface area contributed by atoms with Crippen LogP contribution in [0.25, 0.3) is 11.1 Å². The summed E-state index contributed by atoms with van der Waals surface area (Å²) in [5.41, 5.74) is 3.28. The Hall–Kier alpha value is -3.26. The van der Waals surface area contributed by atoms with Crippen molar-refractivity contribution in [3.8, 4) is 22.6 Å². The SMILES string of the molecule is CCC(C)C(=O)N1c2ccc(-c3cnn(C4CNC4)c3)c(Oc3cc(F)cc(F)c3)c2CC[C@@H]1C. The Morgan fingerprint density at radius 1 is 1.23 bits per heavy atom. The molecule has 1 aromatic heterocycles. The van der Waals surface area contributed by atoms with Crippen molar-refractivity contribution >= 4 is 11.6 Å². The fourth-order valence-electron chi connectivity index (χ4n) is 4.74. The Morgan fingerprint density at radius 2 is 1.97 bits per heavy atom. The van der Waals surface area contributed by atoms with Gasteiger partial charge in [-0.1, -0.05) is 13.8 Å². The highest BCUT2D eigenvalue weighted by Crippen LogP contribution is 2.45. The first-order chi connectivity index (χ1) is 16.9. The summed E-state index contributed by atoms with van der Waals surface area (Å²) in [4.78, 5) is 15.2. The quantitative estimate of drug-likeness (QED) is 0.508. The Kier molecular flexibility index (Phi) is 6.32. The lowest BCUT2D eigenvalue weighted by atomic mass is 9.91. The number of hydrogen-bond donors (Lipinski definition) is 1. The predicted octanol–water partition coefficient (Wildman–Crippen LogP) is 5.48. The molecule has 0 saturated carbocycles. The van der Waals surface area contributed by atoms with Gasteiger partial charge >= 0.3 is 0 Å². The minimum Gasteiger partial charge on any atom is -0.456 e. The molecule has 0 aliphatic carbocycles. The molecule has 2 aliphatic rings. The largest absolute Gasteiger partial charge is 0.456 e. The van der Waals surface area contributed by atoms with E-state index in [0.29, 0.717) is 18.2 Å². The van der Waals surface area contributed by atoms with Gasteiger partial charge in [0.05, 0.1) is 17.9 Å². The fraction of sp³-hybridized carbons (Fsp3) is 0.407. The first kappa shape index (κ1) is 23.5. The van der Waals surface area contributed by atoms with Crippen LogP contribution in [-0.2, 0) is 11.2 Å². The molecule has 35 heavy (non-hydrogen) atoms. The highest BCUT2D eigenvalue weighted by atomic mass is 19.1. The van der Waals surface area contributed by atoms with Gasteiger partial charge in [0.25, 0.3) is 0 Å². The Bertz CT molecular complexity index is 1230. The summed E-state index contributed by atoms with van der Waals surface area (Å²) in [5, 5.41) is 7.77. The van der Waals surface area contributed by atoms with Crippen molar-refractivity contribution in [3.05, 3.63) is 59.9 Å². The normalized spacial score (nSPS) is 18.7. The number of aromatic nitrogens is 2. The van der Waals surface area contributed by atoms with Crippen molar-refractivity contribution < 1.29 is 18.3 Å². The number of ether oxygens (including phenoxy) is 1. The molecule has 3 heterocycles. The van der Waals surface area contributed by atoms with Crippen LogP contribution >= 0.6 is 0 Å². The molecule has 184 valence electrons. The van der Waals surface area contributed by atoms with Crippen molar-refractivity contribution in [2.24, 2.45) is 5.92 Å². The van der Waals surface area contributed by atoms with Gasteiger partial charge in [-0.05, 0) is 38.3 Å². The fourth-order valence-corrected chi connectivity index (χ4v) is 4.74. The molecule has 1 N–H and O–H groups in total. The van der Waals surface area contributed by atoms with Gasteiger partial charge < -0.3 is 15.0 Å². The molecule has 0 bridgehead atoms. The number of fused-ring (bicyclic) bond motifs is 1. The third-order valence-corrected chi connectivity index (χ3v) is 7.12. The second-order valence-electron chi connectivity index (χ2n) is 9.57. The number of carbonyl (C=O) groups is 1. The van der Waals surface area contributed by atoms with Gasteiger partial charge in [0.1, 0.15) is 23.1 Å². The van der Waals surface area contributed by atoms with E-state index in [1.54, 1.807) is 6.20 Å². The molecule has 1 unspecified atom stereocenters. The van der Waals surface area contributed by atoms with Gasteiger partial charge in [0.2, 0.25) is 5.91 Å². The van der Waals surface area contributed by atoms with E-state index in [0.717, 1.165) is 54.4 Å². The lowest BCUT2D eigenvalue weighted by Gasteiger charge is -2.38. The summed E-state index contributed by atoms with van der Waals surface area (Å²) in [5.74, 6) is -0.877. The average Bonchev–Trinajstić information content (AvgIpc) is 3.25. The number of carbonyl (C=O) groups excluding carboxylic acids is 1. The molecule has 1 saturated heterocycles. The maximum atomic E-state index is 14.0. The van der Waals surface area contributed by atoms with Crippen molar-refractivity contribution in [1.82, 2.24) is 15.1 Å². The molecule has 1 fully saturated rings. The Balaban J connectivity index is 1.63. The smallest absolute Gasteiger partial charge is 0.230 e. The number of nitrogens with one attached hydrogen (secondary N) is 1. The molecule has 8 heteroatoms. The van der Waals surface area contributed by atoms with Crippen LogP contribution in [0.1, 0.15) is 45.2 Å². The zero-order valence-corrected chi connectivity index (χ0v) is 20.2. The zero-order valence-electron chi connectivity index (χ0n) is 20.2. The molecular weight excluding hydrogens is 450 g/mol. The first-order valence-corrected chi connectivity index (χ1v) is 12.2. The van der Waals surface area contributed by atoms with Crippen LogP contribution in [0.2, 0.25) is 0 Å². The summed E-state index contributed by atoms with van der Waals surface area (Å²) in [7, 11) is 0. The minimum atomic E-state index is -0.709. The lowest BCUT2D eigenvalue weighted by molar-refractivity contribution is -0.122. The Morgan fingerprint density at radius 3 is 2.63 bits per heavy atom. The lowest BCUT2D eigenvalue weighted by Crippen LogP contribution is -2.44. The van der Waals surface area contributed by atoms with Crippen LogP contribution in [-0.4, -0.2) is 34.8 Å². The number of anilines is 1. The van der Waals surface area contributed by atoms with E-state index in [9.17, 15) is 13.6 Å². The molecule has 0 spiro atoms. The van der Waals surface area contributed by atoms with Crippen molar-refractivity contribution in [1.29, 1.82) is 0 Å². The number of hydrogen-bond acceptors (Lipinski definition) is 4. The van der Waals surface area contributed by atoms with E-state index in [-0.39, 0.29) is 23.6 Å². The molecule has 0 radical (unpaired) electrons. The van der Waals surface area contributed by atoms with Crippen LogP contribution in [0.5, 0.6) is 11.5 Å². The van der Waals surface area contributed by atoms with E-state index < -0.39 is 11.6 Å². The first-order valence-electron chi connectivity index (χ1n) is 12.2. The molecular formula is C27H30F2N4O2. The van der Waals surface area contributed by atoms with Crippen molar-refractivity contribution in [2.75, 3.05) is 18.0 Å². The molecule has 2 atom stereocenters. The van der Waals surface area contributed by atoms with E-state index >= 15 is 0 Å². The summed E-state index contributed by atoms with van der Waals surface area (Å²) in [6.45, 7) is 7.72. The second-order valence-corrected chi connectivity index (χ2v) is 9.57. The highest BCUT2D eigenvalue weighted by Gasteiger charge is 2.33. The molecule has 2 aromatic carbocycles. The number of nitrogens with zero attached hydrogens (tertiary/aromatic N) is 3. The van der Waals surface area contributed by atoms with Gasteiger partial charge in [-0.25, -0.2) is 8.78 Å². The summed E-state index contributed by atoms with van der Waals surface area (Å²) in [6.07, 6.45) is 5.95. The maximum absolute atomic E-state index is 14.0. The number of rotatable bonds is 6. The van der Waals surface area contributed by atoms with Crippen LogP contribution in [0.3, 0.4) is 0 Å². The highest BCUT2D eigenvalue weighted by molar-refractivity contribution is 5.97. The molecule has 2 aliphatic heterocycles.